The summed E-state index contributed by atoms with van der Waals surface area (Å²) < 4.78 is 69.8. The van der Waals surface area contributed by atoms with Crippen LogP contribution in [0.15, 0.2) is 510 Å². The van der Waals surface area contributed by atoms with Gasteiger partial charge in [-0.25, -0.2) is 0 Å². The molecule has 0 bridgehead atoms. The van der Waals surface area contributed by atoms with Crippen molar-refractivity contribution in [3.8, 4) is 156 Å². The van der Waals surface area contributed by atoms with Gasteiger partial charge in [-0.15, -0.1) is 0 Å². The highest BCUT2D eigenvalue weighted by molar-refractivity contribution is 7.82. The van der Waals surface area contributed by atoms with Crippen LogP contribution in [0.2, 0.25) is 0 Å². The number of hydrogen-bond acceptors (Lipinski definition) is 8. The van der Waals surface area contributed by atoms with Crippen molar-refractivity contribution in [3.05, 3.63) is 510 Å². The van der Waals surface area contributed by atoms with Crippen LogP contribution in [0.4, 0.5) is 45.5 Å². The van der Waals surface area contributed by atoms with Crippen LogP contribution in [0.5, 0.6) is 0 Å². The first-order valence-electron chi connectivity index (χ1n) is 48.2. The average Bonchev–Trinajstić information content (AvgIpc) is 0.699. The predicted octanol–water partition coefficient (Wildman–Crippen LogP) is 30.4. The zero-order valence-electron chi connectivity index (χ0n) is 77.5. The molecule has 0 amide bonds. The number of nitrogens with zero attached hydrogens (tertiary/aromatic N) is 8. The summed E-state index contributed by atoms with van der Waals surface area (Å²) >= 11 is 0. The molecule has 4 unspecified atom stereocenters. The van der Waals surface area contributed by atoms with E-state index in [1.165, 1.54) is 0 Å². The lowest BCUT2D eigenvalue weighted by Crippen LogP contribution is -2.37. The molecule has 18 aromatic carbocycles. The Morgan fingerprint density at radius 3 is 0.632 bits per heavy atom. The summed E-state index contributed by atoms with van der Waals surface area (Å²) in [6.07, 6.45) is 12.8. The van der Waals surface area contributed by atoms with E-state index in [9.17, 15) is 0 Å². The molecule has 8 aliphatic rings. The Hall–Kier alpha value is -17.3. The minimum absolute atomic E-state index is 0.891. The molecule has 680 valence electrons. The first-order valence-corrected chi connectivity index (χ1v) is 54.8. The van der Waals surface area contributed by atoms with Gasteiger partial charge in [0.25, 0.3) is 0 Å². The maximum absolute atomic E-state index is 15.4. The van der Waals surface area contributed by atoms with Crippen LogP contribution in [0, 0.1) is 0 Å². The summed E-state index contributed by atoms with van der Waals surface area (Å²) in [6, 6.07) is 160. The first-order chi connectivity index (χ1) is 71.0. The lowest BCUT2D eigenvalue weighted by Gasteiger charge is -2.44. The van der Waals surface area contributed by atoms with Crippen LogP contribution in [0.3, 0.4) is 0 Å². The largest absolute Gasteiger partial charge is 0.289 e. The average molecular weight is 1920 g/mol. The number of rotatable bonds is 6. The minimum atomic E-state index is -3.16. The lowest BCUT2D eigenvalue weighted by molar-refractivity contribution is 0.586. The van der Waals surface area contributed by atoms with Gasteiger partial charge in [0, 0.05) is 141 Å². The Morgan fingerprint density at radius 1 is 0.146 bits per heavy atom. The Bertz CT molecular complexity index is 8700. The molecule has 8 aliphatic heterocycles. The monoisotopic (exact) mass is 1920 g/mol. The molecule has 12 nitrogen and oxygen atoms in total. The topological polar surface area (TPSA) is 133 Å². The zero-order valence-corrected chi connectivity index (χ0v) is 81.1. The molecule has 0 aliphatic carbocycles. The molecule has 4 atom stereocenters. The molecule has 0 saturated carbocycles. The van der Waals surface area contributed by atoms with Crippen LogP contribution < -0.4 is 61.1 Å². The van der Waals surface area contributed by atoms with Crippen molar-refractivity contribution in [3.63, 3.8) is 0 Å². The van der Waals surface area contributed by atoms with Gasteiger partial charge in [-0.1, -0.05) is 309 Å². The number of hydrogen-bond donors (Lipinski definition) is 0. The molecule has 144 heavy (non-hydrogen) atoms. The highest BCUT2D eigenvalue weighted by Gasteiger charge is 2.53. The molecule has 4 aromatic heterocycles. The second-order valence-electron chi connectivity index (χ2n) is 36.8. The van der Waals surface area contributed by atoms with E-state index >= 15 is 18.3 Å². The van der Waals surface area contributed by atoms with E-state index in [2.05, 4.69) is 293 Å². The van der Waals surface area contributed by atoms with Gasteiger partial charge in [0.2, 0.25) is 29.2 Å². The minimum Gasteiger partial charge on any atom is -0.289 e. The van der Waals surface area contributed by atoms with Crippen molar-refractivity contribution in [2.45, 2.75) is 0 Å². The van der Waals surface area contributed by atoms with Gasteiger partial charge in [-0.2, -0.15) is 0 Å². The van der Waals surface area contributed by atoms with Crippen LogP contribution in [-0.2, 0) is 18.3 Å². The van der Waals surface area contributed by atoms with Gasteiger partial charge in [-0.05, 0) is 252 Å². The second-order valence-corrected chi connectivity index (χ2v) is 46.8. The van der Waals surface area contributed by atoms with Gasteiger partial charge in [-0.3, -0.25) is 56.9 Å². The van der Waals surface area contributed by atoms with E-state index in [4.69, 9.17) is 0 Å². The third-order valence-electron chi connectivity index (χ3n) is 29.1. The molecule has 0 spiro atoms. The van der Waals surface area contributed by atoms with E-state index in [-0.39, 0.29) is 0 Å². The van der Waals surface area contributed by atoms with Gasteiger partial charge in [0.15, 0.2) is 0 Å². The van der Waals surface area contributed by atoms with E-state index < -0.39 is 29.2 Å². The normalized spacial score (nSPS) is 16.8. The van der Waals surface area contributed by atoms with E-state index in [1.807, 2.05) is 243 Å². The first kappa shape index (κ1) is 85.8. The van der Waals surface area contributed by atoms with Crippen LogP contribution in [0.25, 0.3) is 156 Å². The summed E-state index contributed by atoms with van der Waals surface area (Å²) in [5.41, 5.74) is 38.3. The maximum Gasteiger partial charge on any atom is 0.235 e. The van der Waals surface area contributed by atoms with Gasteiger partial charge < -0.3 is 0 Å². The quantitative estimate of drug-likeness (QED) is 0.147. The Kier molecular flexibility index (Phi) is 20.4. The van der Waals surface area contributed by atoms with E-state index in [0.29, 0.717) is 0 Å². The van der Waals surface area contributed by atoms with Crippen molar-refractivity contribution in [1.82, 2.24) is 19.9 Å². The standard InChI is InChI=1S/2C35H23N2OP.2C29H19N2OP/c38-39-34-14-5-2-10-28(34)27-9-1-4-13-32(27)37(39)33-21-20-26(23-30(33)29-11-3-6-15-35(29)39)24-16-18-25(19-17-24)31-12-7-8-22-36-31;38-39-34-13-5-2-10-29(34)28-9-1-4-12-32(28)37(39)33-20-19-26(22-31(33)30-11-3-6-14-35(30)39)24-15-17-25(18-16-24)27-8-7-21-36-23-27;32-33-28-13-5-2-10-23(28)22-9-1-4-12-26(22)31(33)27-16-15-20(21-8-7-17-30-19-21)18-25(27)24-11-3-6-14-29(24)33;32-33-28-11-5-2-8-23(28)22-7-1-4-10-26(22)31(33)27-14-13-21(20-15-17-30-18-16-20)19-25(27)24-9-3-6-12-29(24)33/h2*1-23H;2*1-19H. The molecule has 0 N–H and O–H groups in total. The molecular weight excluding hydrogens is 1840 g/mol. The lowest BCUT2D eigenvalue weighted by atomic mass is 9.95. The summed E-state index contributed by atoms with van der Waals surface area (Å²) in [6.45, 7) is 0. The Morgan fingerprint density at radius 2 is 0.361 bits per heavy atom. The summed E-state index contributed by atoms with van der Waals surface area (Å²) in [5.74, 6) is 0. The molecule has 16 heteroatoms. The molecule has 30 rings (SSSR count). The highest BCUT2D eigenvalue weighted by atomic mass is 31.2. The van der Waals surface area contributed by atoms with E-state index in [0.717, 1.165) is 244 Å². The van der Waals surface area contributed by atoms with Crippen LogP contribution >= 0.6 is 29.2 Å². The van der Waals surface area contributed by atoms with Gasteiger partial charge >= 0.3 is 0 Å². The number of pyridine rings is 4. The summed E-state index contributed by atoms with van der Waals surface area (Å²) in [5, 5.41) is 7.17. The third kappa shape index (κ3) is 13.3. The second kappa shape index (κ2) is 34.3. The molecule has 12 heterocycles. The Balaban J connectivity index is 0.0000000959. The van der Waals surface area contributed by atoms with Gasteiger partial charge in [0.05, 0.1) is 51.2 Å². The molecule has 0 saturated heterocycles. The van der Waals surface area contributed by atoms with E-state index in [1.54, 1.807) is 12.4 Å². The fourth-order valence-electron chi connectivity index (χ4n) is 22.7. The Labute approximate surface area is 834 Å². The number of anilines is 8. The van der Waals surface area contributed by atoms with Gasteiger partial charge in [0.1, 0.15) is 0 Å². The van der Waals surface area contributed by atoms with Crippen molar-refractivity contribution in [2.75, 3.05) is 18.7 Å². The number of fused-ring (bicyclic) bond motifs is 44. The molecule has 22 aromatic rings. The SMILES string of the molecule is O=P12c3ccccc3-c3ccccc3N1c1ccc(-c3ccc(-c4ccccn4)cc3)cc1-c1ccccc12.O=P12c3ccccc3-c3ccccc3N1c1ccc(-c3ccc(-c4cccnc4)cc3)cc1-c1ccccc12.O=P12c3ccccc3-c3ccccc3N1c1ccc(-c3cccnc3)cc1-c1ccccc12.O=P12c3ccccc3-c3ccccc3N1c1ccc(-c3ccncc3)cc1-c1ccccc12. The summed E-state index contributed by atoms with van der Waals surface area (Å²) in [4.78, 5) is 17.2. The van der Waals surface area contributed by atoms with Crippen molar-refractivity contribution in [2.24, 2.45) is 0 Å². The van der Waals surface area contributed by atoms with Crippen LogP contribution in [0.1, 0.15) is 0 Å². The smallest absolute Gasteiger partial charge is 0.235 e. The molecule has 0 radical (unpaired) electrons. The number of benzene rings is 18. The number of aromatic nitrogens is 4. The molecule has 0 fully saturated rings. The highest BCUT2D eigenvalue weighted by Crippen LogP contribution is 2.71. The fraction of sp³-hybridized carbons (Fsp3) is 0. The summed E-state index contributed by atoms with van der Waals surface area (Å²) in [7, 11) is -12.6. The zero-order chi connectivity index (χ0) is 95.9. The molecular formula is C128H84N8O4P4. The maximum atomic E-state index is 15.4. The number of para-hydroxylation sites is 4. The third-order valence-corrected chi connectivity index (χ3v) is 41.4. The van der Waals surface area contributed by atoms with Crippen molar-refractivity contribution >= 4 is 117 Å². The van der Waals surface area contributed by atoms with Crippen LogP contribution in [-0.4, -0.2) is 19.9 Å². The van der Waals surface area contributed by atoms with Crippen molar-refractivity contribution < 1.29 is 18.3 Å². The van der Waals surface area contributed by atoms with Crippen molar-refractivity contribution in [1.29, 1.82) is 0 Å². The fourth-order valence-corrected chi connectivity index (χ4v) is 35.7. The predicted molar refractivity (Wildman–Crippen MR) is 595 cm³/mol.